The van der Waals surface area contributed by atoms with Gasteiger partial charge in [-0.05, 0) is 102 Å². The van der Waals surface area contributed by atoms with Crippen molar-refractivity contribution in [3.63, 3.8) is 0 Å². The summed E-state index contributed by atoms with van der Waals surface area (Å²) in [5.41, 5.74) is -1.20. The Morgan fingerprint density at radius 1 is 1.23 bits per heavy atom. The van der Waals surface area contributed by atoms with Crippen LogP contribution in [-0.2, 0) is 19.1 Å². The van der Waals surface area contributed by atoms with Crippen LogP contribution in [0.5, 0.6) is 0 Å². The molecule has 126 valence electrons. The molecule has 1 aliphatic heterocycles. The normalized spacial score (nSPS) is 23.0. The van der Waals surface area contributed by atoms with E-state index < -0.39 is 27.7 Å². The van der Waals surface area contributed by atoms with Crippen molar-refractivity contribution in [3.8, 4) is 0 Å². The van der Waals surface area contributed by atoms with Gasteiger partial charge < -0.3 is 10.1 Å². The number of ether oxygens (including phenoxy) is 1. The Hall–Kier alpha value is 1.29. The first-order chi connectivity index (χ1) is 9.83. The number of carbonyl (C=O) groups excluding carboxylic acids is 3. The number of esters is 1. The molecule has 0 bridgehead atoms. The summed E-state index contributed by atoms with van der Waals surface area (Å²) in [5.74, 6) is -1.45. The van der Waals surface area contributed by atoms with Crippen LogP contribution in [0.1, 0.15) is 19.8 Å². The summed E-state index contributed by atoms with van der Waals surface area (Å²) in [4.78, 5) is 37.8. The van der Waals surface area contributed by atoms with Gasteiger partial charge in [-0.15, -0.1) is 0 Å². The van der Waals surface area contributed by atoms with Crippen LogP contribution in [-0.4, -0.2) is 39.4 Å². The van der Waals surface area contributed by atoms with Crippen LogP contribution >= 0.6 is 95.6 Å². The quantitative estimate of drug-likeness (QED) is 0.353. The van der Waals surface area contributed by atoms with Gasteiger partial charge in [-0.2, -0.15) is 0 Å². The lowest BCUT2D eigenvalue weighted by Gasteiger charge is -2.47. The van der Waals surface area contributed by atoms with E-state index >= 15 is 0 Å². The molecule has 12 heteroatoms. The minimum absolute atomic E-state index is 0.160. The molecule has 6 nitrogen and oxygen atoms in total. The monoisotopic (exact) mass is 696 g/mol. The Morgan fingerprint density at radius 2 is 1.77 bits per heavy atom. The average Bonchev–Trinajstić information content (AvgIpc) is 2.35. The minimum atomic E-state index is -1.23. The first kappa shape index (κ1) is 21.3. The first-order valence-corrected chi connectivity index (χ1v) is 10.5. The van der Waals surface area contributed by atoms with Crippen molar-refractivity contribution in [2.24, 2.45) is 0 Å². The van der Waals surface area contributed by atoms with E-state index in [9.17, 15) is 14.4 Å². The number of amides is 2. The summed E-state index contributed by atoms with van der Waals surface area (Å²) in [7, 11) is 0. The Bertz CT molecular complexity index is 489. The van der Waals surface area contributed by atoms with Gasteiger partial charge in [0.1, 0.15) is 5.66 Å². The molecule has 2 amide bonds. The lowest BCUT2D eigenvalue weighted by atomic mass is 9.99. The van der Waals surface area contributed by atoms with E-state index in [0.717, 1.165) is 0 Å². The second-order valence-corrected chi connectivity index (χ2v) is 17.9. The third-order valence-electron chi connectivity index (χ3n) is 2.98. The van der Waals surface area contributed by atoms with Gasteiger partial charge in [0.25, 0.3) is 11.8 Å². The molecule has 1 fully saturated rings. The number of nitrogens with zero attached hydrogens (tertiary/aromatic N) is 1. The van der Waals surface area contributed by atoms with Gasteiger partial charge in [0.05, 0.1) is 6.42 Å². The molecule has 0 radical (unpaired) electrons. The van der Waals surface area contributed by atoms with Gasteiger partial charge in [0, 0.05) is 0 Å². The summed E-state index contributed by atoms with van der Waals surface area (Å²) >= 11 is 18.8. The maximum absolute atomic E-state index is 12.5. The fourth-order valence-corrected chi connectivity index (χ4v) is 2.79. The van der Waals surface area contributed by atoms with Crippen LogP contribution in [0.25, 0.3) is 0 Å². The Kier molecular flexibility index (Phi) is 7.44. The van der Waals surface area contributed by atoms with E-state index in [2.05, 4.69) is 101 Å². The van der Waals surface area contributed by atoms with Crippen molar-refractivity contribution >= 4 is 113 Å². The molecule has 0 aromatic rings. The van der Waals surface area contributed by atoms with Crippen molar-refractivity contribution in [2.45, 2.75) is 29.7 Å². The molecule has 1 saturated heterocycles. The van der Waals surface area contributed by atoms with E-state index in [4.69, 9.17) is 4.74 Å². The highest BCUT2D eigenvalue weighted by Crippen LogP contribution is 2.40. The van der Waals surface area contributed by atoms with Gasteiger partial charge in [-0.3, -0.25) is 19.3 Å². The Labute approximate surface area is 177 Å². The van der Waals surface area contributed by atoms with Crippen LogP contribution in [0, 0.1) is 0 Å². The number of cyclic esters (lactones) is 1. The molecule has 1 atom stereocenters. The largest absolute Gasteiger partial charge is 0.444 e. The Balaban J connectivity index is 3.20. The predicted molar refractivity (Wildman–Crippen MR) is 103 cm³/mol. The summed E-state index contributed by atoms with van der Waals surface area (Å²) in [6.07, 6.45) is 0.152. The molecule has 1 aliphatic rings. The van der Waals surface area contributed by atoms with Crippen molar-refractivity contribution < 1.29 is 19.1 Å². The maximum Gasteiger partial charge on any atom is 0.311 e. The van der Waals surface area contributed by atoms with Crippen LogP contribution < -0.4 is 5.32 Å². The molecule has 0 aromatic carbocycles. The highest BCUT2D eigenvalue weighted by molar-refractivity contribution is 9.40. The van der Waals surface area contributed by atoms with E-state index in [1.165, 1.54) is 4.90 Å². The molecule has 22 heavy (non-hydrogen) atoms. The number of halogens is 6. The highest BCUT2D eigenvalue weighted by atomic mass is 80.0. The SMILES string of the molecule is CCC1(NC(=O)C(Br)(Br)Br)CC(=O)OCN1C(=O)C(Br)(Br)Br. The zero-order chi connectivity index (χ0) is 17.3. The van der Waals surface area contributed by atoms with Gasteiger partial charge in [0.2, 0.25) is 4.29 Å². The van der Waals surface area contributed by atoms with Crippen molar-refractivity contribution in [1.82, 2.24) is 10.2 Å². The van der Waals surface area contributed by atoms with Crippen LogP contribution in [0.15, 0.2) is 0 Å². The number of hydrogen-bond acceptors (Lipinski definition) is 4. The van der Waals surface area contributed by atoms with Crippen LogP contribution in [0.2, 0.25) is 0 Å². The maximum atomic E-state index is 12.5. The summed E-state index contributed by atoms with van der Waals surface area (Å²) in [5, 5.41) is 2.72. The number of rotatable bonds is 2. The zero-order valence-corrected chi connectivity index (χ0v) is 20.5. The van der Waals surface area contributed by atoms with E-state index in [1.807, 2.05) is 0 Å². The van der Waals surface area contributed by atoms with Gasteiger partial charge in [-0.25, -0.2) is 0 Å². The second-order valence-electron chi connectivity index (χ2n) is 4.39. The van der Waals surface area contributed by atoms with Gasteiger partial charge >= 0.3 is 5.97 Å². The number of alkyl halides is 6. The lowest BCUT2D eigenvalue weighted by Crippen LogP contribution is -2.68. The fraction of sp³-hybridized carbons (Fsp3) is 0.700. The van der Waals surface area contributed by atoms with E-state index in [1.54, 1.807) is 6.92 Å². The molecule has 1 N–H and O–H groups in total. The molecule has 0 aliphatic carbocycles. The smallest absolute Gasteiger partial charge is 0.311 e. The summed E-state index contributed by atoms with van der Waals surface area (Å²) in [6.45, 7) is 1.49. The van der Waals surface area contributed by atoms with Gasteiger partial charge in [0.15, 0.2) is 6.73 Å². The number of carbonyl (C=O) groups is 3. The standard InChI is InChI=1S/C10H10Br6N2O4/c1-2-8(17-6(20)9(11,12)13)3-5(19)22-4-18(8)7(21)10(14,15)16/h2-4H2,1H3,(H,17,20). The minimum Gasteiger partial charge on any atom is -0.444 e. The molecular formula is C10H10Br6N2O4. The molecule has 0 aromatic heterocycles. The molecule has 0 saturated carbocycles. The predicted octanol–water partition coefficient (Wildman–Crippen LogP) is 3.62. The lowest BCUT2D eigenvalue weighted by molar-refractivity contribution is -0.178. The summed E-state index contributed by atoms with van der Waals surface area (Å²) < 4.78 is 2.51. The Morgan fingerprint density at radius 3 is 2.18 bits per heavy atom. The molecule has 1 heterocycles. The molecule has 0 spiro atoms. The number of hydrogen-bond donors (Lipinski definition) is 1. The summed E-state index contributed by atoms with van der Waals surface area (Å²) in [6, 6.07) is 0. The average molecular weight is 702 g/mol. The zero-order valence-electron chi connectivity index (χ0n) is 11.0. The first-order valence-electron chi connectivity index (χ1n) is 5.77. The topological polar surface area (TPSA) is 75.7 Å². The van der Waals surface area contributed by atoms with E-state index in [-0.39, 0.29) is 13.2 Å². The molecule has 1 rings (SSSR count). The number of nitrogens with one attached hydrogen (secondary N) is 1. The highest BCUT2D eigenvalue weighted by Gasteiger charge is 2.51. The van der Waals surface area contributed by atoms with Crippen LogP contribution in [0.4, 0.5) is 0 Å². The second kappa shape index (κ2) is 7.67. The van der Waals surface area contributed by atoms with Crippen LogP contribution in [0.3, 0.4) is 0 Å². The van der Waals surface area contributed by atoms with Crippen molar-refractivity contribution in [1.29, 1.82) is 0 Å². The van der Waals surface area contributed by atoms with Crippen molar-refractivity contribution in [2.75, 3.05) is 6.73 Å². The third kappa shape index (κ3) is 5.14. The third-order valence-corrected chi connectivity index (χ3v) is 5.08. The van der Waals surface area contributed by atoms with E-state index in [0.29, 0.717) is 6.42 Å². The fourth-order valence-electron chi connectivity index (χ4n) is 1.85. The van der Waals surface area contributed by atoms with Gasteiger partial charge in [-0.1, -0.05) is 6.92 Å². The van der Waals surface area contributed by atoms with Crippen molar-refractivity contribution in [3.05, 3.63) is 0 Å². The molecule has 1 unspecified atom stereocenters. The molecular weight excluding hydrogens is 692 g/mol.